The summed E-state index contributed by atoms with van der Waals surface area (Å²) in [6.07, 6.45) is 2.48. The molecule has 5 rings (SSSR count). The Labute approximate surface area is 180 Å². The molecule has 3 aromatic rings. The monoisotopic (exact) mass is 422 g/mol. The lowest BCUT2D eigenvalue weighted by molar-refractivity contribution is -0.130. The summed E-state index contributed by atoms with van der Waals surface area (Å²) in [6, 6.07) is 15.2. The molecule has 2 aliphatic heterocycles. The summed E-state index contributed by atoms with van der Waals surface area (Å²) in [5.41, 5.74) is 2.51. The van der Waals surface area contributed by atoms with E-state index in [0.29, 0.717) is 18.0 Å². The van der Waals surface area contributed by atoms with Crippen LogP contribution in [0.1, 0.15) is 31.0 Å². The van der Waals surface area contributed by atoms with Crippen LogP contribution in [0.4, 0.5) is 5.69 Å². The zero-order valence-electron chi connectivity index (χ0n) is 16.6. The van der Waals surface area contributed by atoms with E-state index in [1.54, 1.807) is 11.0 Å². The van der Waals surface area contributed by atoms with Gasteiger partial charge in [0.2, 0.25) is 11.8 Å². The van der Waals surface area contributed by atoms with E-state index in [0.717, 1.165) is 48.5 Å². The summed E-state index contributed by atoms with van der Waals surface area (Å²) in [5, 5.41) is 0.559. The van der Waals surface area contributed by atoms with E-state index >= 15 is 0 Å². The molecule has 154 valence electrons. The van der Waals surface area contributed by atoms with Crippen LogP contribution in [0.25, 0.3) is 11.0 Å². The number of halogens is 1. The van der Waals surface area contributed by atoms with Crippen molar-refractivity contribution in [2.24, 2.45) is 0 Å². The average Bonchev–Trinajstić information content (AvgIpc) is 3.48. The van der Waals surface area contributed by atoms with Crippen molar-refractivity contribution in [1.29, 1.82) is 0 Å². The predicted octanol–water partition coefficient (Wildman–Crippen LogP) is 3.83. The Balaban J connectivity index is 1.49. The number of hydrogen-bond donors (Lipinski definition) is 0. The van der Waals surface area contributed by atoms with E-state index in [9.17, 15) is 9.59 Å². The number of anilines is 1. The van der Waals surface area contributed by atoms with Gasteiger partial charge in [-0.25, -0.2) is 4.98 Å². The van der Waals surface area contributed by atoms with E-state index in [1.165, 1.54) is 0 Å². The minimum atomic E-state index is -0.0902. The lowest BCUT2D eigenvalue weighted by Gasteiger charge is -2.20. The lowest BCUT2D eigenvalue weighted by Crippen LogP contribution is -2.32. The van der Waals surface area contributed by atoms with E-state index in [4.69, 9.17) is 16.6 Å². The zero-order chi connectivity index (χ0) is 20.7. The molecule has 7 heteroatoms. The number of hydrogen-bond acceptors (Lipinski definition) is 3. The second kappa shape index (κ2) is 7.76. The highest BCUT2D eigenvalue weighted by molar-refractivity contribution is 6.33. The van der Waals surface area contributed by atoms with Crippen molar-refractivity contribution in [2.75, 3.05) is 24.5 Å². The quantitative estimate of drug-likeness (QED) is 0.642. The van der Waals surface area contributed by atoms with Crippen molar-refractivity contribution in [2.45, 2.75) is 31.7 Å². The number of likely N-dealkylation sites (tertiary alicyclic amines) is 1. The number of fused-ring (bicyclic) bond motifs is 1. The van der Waals surface area contributed by atoms with Crippen LogP contribution in [0.2, 0.25) is 5.02 Å². The van der Waals surface area contributed by atoms with Crippen molar-refractivity contribution in [1.82, 2.24) is 14.5 Å². The number of rotatable bonds is 4. The van der Waals surface area contributed by atoms with Gasteiger partial charge in [0.25, 0.3) is 0 Å². The maximum Gasteiger partial charge on any atom is 0.242 e. The minimum Gasteiger partial charge on any atom is -0.341 e. The Bertz CT molecular complexity index is 1120. The number of nitrogens with zero attached hydrogens (tertiary/aromatic N) is 4. The Hall–Kier alpha value is -2.86. The van der Waals surface area contributed by atoms with Crippen LogP contribution in [0.3, 0.4) is 0 Å². The molecule has 6 nitrogen and oxygen atoms in total. The van der Waals surface area contributed by atoms with Gasteiger partial charge in [-0.3, -0.25) is 9.59 Å². The molecule has 2 aliphatic rings. The van der Waals surface area contributed by atoms with Crippen LogP contribution < -0.4 is 4.90 Å². The molecule has 0 spiro atoms. The maximum absolute atomic E-state index is 12.9. The van der Waals surface area contributed by atoms with Crippen LogP contribution in [0.15, 0.2) is 48.5 Å². The first kappa shape index (κ1) is 19.1. The fraction of sp³-hybridized carbons (Fsp3) is 0.348. The second-order valence-corrected chi connectivity index (χ2v) is 8.40. The Morgan fingerprint density at radius 3 is 2.60 bits per heavy atom. The maximum atomic E-state index is 12.9. The average molecular weight is 423 g/mol. The number of benzene rings is 2. The molecule has 3 heterocycles. The van der Waals surface area contributed by atoms with Gasteiger partial charge >= 0.3 is 0 Å². The molecular weight excluding hydrogens is 400 g/mol. The van der Waals surface area contributed by atoms with Crippen molar-refractivity contribution in [3.8, 4) is 0 Å². The molecule has 2 saturated heterocycles. The van der Waals surface area contributed by atoms with Gasteiger partial charge in [0.05, 0.1) is 21.7 Å². The molecule has 2 fully saturated rings. The number of aromatic nitrogens is 2. The molecule has 0 aliphatic carbocycles. The third-order valence-corrected chi connectivity index (χ3v) is 6.39. The molecule has 0 radical (unpaired) electrons. The number of carbonyl (C=O) groups is 2. The standard InChI is InChI=1S/C23H23ClN4O2/c24-17-7-1-3-9-19(17)27-14-16(13-21(27)29)23-25-18-8-2-4-10-20(18)28(23)15-22(30)26-11-5-6-12-26/h1-4,7-10,16H,5-6,11-15H2. The summed E-state index contributed by atoms with van der Waals surface area (Å²) < 4.78 is 2.00. The van der Waals surface area contributed by atoms with Crippen molar-refractivity contribution in [3.63, 3.8) is 0 Å². The predicted molar refractivity (Wildman–Crippen MR) is 117 cm³/mol. The molecule has 30 heavy (non-hydrogen) atoms. The van der Waals surface area contributed by atoms with Crippen LogP contribution in [-0.2, 0) is 16.1 Å². The molecule has 0 bridgehead atoms. The highest BCUT2D eigenvalue weighted by atomic mass is 35.5. The highest BCUT2D eigenvalue weighted by Gasteiger charge is 2.36. The minimum absolute atomic E-state index is 0.0255. The zero-order valence-corrected chi connectivity index (χ0v) is 17.4. The third-order valence-electron chi connectivity index (χ3n) is 6.07. The van der Waals surface area contributed by atoms with Gasteiger partial charge in [0, 0.05) is 32.0 Å². The summed E-state index contributed by atoms with van der Waals surface area (Å²) in [5.74, 6) is 0.848. The first-order valence-electron chi connectivity index (χ1n) is 10.4. The van der Waals surface area contributed by atoms with E-state index < -0.39 is 0 Å². The highest BCUT2D eigenvalue weighted by Crippen LogP contribution is 2.36. The van der Waals surface area contributed by atoms with Crippen LogP contribution in [0, 0.1) is 0 Å². The normalized spacial score (nSPS) is 19.2. The topological polar surface area (TPSA) is 58.4 Å². The van der Waals surface area contributed by atoms with Crippen molar-refractivity contribution < 1.29 is 9.59 Å². The first-order valence-corrected chi connectivity index (χ1v) is 10.8. The Morgan fingerprint density at radius 1 is 1.07 bits per heavy atom. The fourth-order valence-corrected chi connectivity index (χ4v) is 4.80. The lowest BCUT2D eigenvalue weighted by atomic mass is 10.1. The Kier molecular flexibility index (Phi) is 4.95. The van der Waals surface area contributed by atoms with Gasteiger partial charge in [-0.05, 0) is 37.1 Å². The van der Waals surface area contributed by atoms with Crippen molar-refractivity contribution >= 4 is 40.1 Å². The smallest absolute Gasteiger partial charge is 0.242 e. The van der Waals surface area contributed by atoms with E-state index in [2.05, 4.69) is 0 Å². The Morgan fingerprint density at radius 2 is 1.80 bits per heavy atom. The molecule has 0 N–H and O–H groups in total. The number of carbonyl (C=O) groups excluding carboxylic acids is 2. The molecule has 0 saturated carbocycles. The second-order valence-electron chi connectivity index (χ2n) is 7.99. The van der Waals surface area contributed by atoms with Gasteiger partial charge in [-0.15, -0.1) is 0 Å². The molecule has 2 amide bonds. The van der Waals surface area contributed by atoms with Crippen LogP contribution in [-0.4, -0.2) is 45.9 Å². The van der Waals surface area contributed by atoms with E-state index in [-0.39, 0.29) is 24.3 Å². The molecule has 1 atom stereocenters. The summed E-state index contributed by atoms with van der Waals surface area (Å²) in [6.45, 7) is 2.41. The summed E-state index contributed by atoms with van der Waals surface area (Å²) in [4.78, 5) is 34.2. The van der Waals surface area contributed by atoms with Crippen LogP contribution >= 0.6 is 11.6 Å². The molecular formula is C23H23ClN4O2. The van der Waals surface area contributed by atoms with Gasteiger partial charge < -0.3 is 14.4 Å². The summed E-state index contributed by atoms with van der Waals surface area (Å²) >= 11 is 6.34. The molecule has 1 unspecified atom stereocenters. The van der Waals surface area contributed by atoms with Crippen LogP contribution in [0.5, 0.6) is 0 Å². The van der Waals surface area contributed by atoms with Gasteiger partial charge in [0.1, 0.15) is 12.4 Å². The molecule has 2 aromatic carbocycles. The third kappa shape index (κ3) is 3.35. The van der Waals surface area contributed by atoms with Gasteiger partial charge in [0.15, 0.2) is 0 Å². The van der Waals surface area contributed by atoms with Gasteiger partial charge in [-0.2, -0.15) is 0 Å². The fourth-order valence-electron chi connectivity index (χ4n) is 4.56. The van der Waals surface area contributed by atoms with Gasteiger partial charge in [-0.1, -0.05) is 35.9 Å². The number of amides is 2. The largest absolute Gasteiger partial charge is 0.341 e. The van der Waals surface area contributed by atoms with E-state index in [1.807, 2.05) is 51.9 Å². The molecule has 1 aromatic heterocycles. The number of para-hydroxylation sites is 3. The van der Waals surface area contributed by atoms with Crippen molar-refractivity contribution in [3.05, 3.63) is 59.4 Å². The SMILES string of the molecule is O=C(Cn1c(C2CC(=O)N(c3ccccc3Cl)C2)nc2ccccc21)N1CCCC1. The number of imidazole rings is 1. The summed E-state index contributed by atoms with van der Waals surface area (Å²) in [7, 11) is 0. The first-order chi connectivity index (χ1) is 14.6.